The molecule has 0 radical (unpaired) electrons. The predicted octanol–water partition coefficient (Wildman–Crippen LogP) is 1.76. The smallest absolute Gasteiger partial charge is 0.310 e. The average molecular weight is 247 g/mol. The van der Waals surface area contributed by atoms with Gasteiger partial charge >= 0.3 is 5.97 Å². The number of hydrogen-bond donors (Lipinski definition) is 0. The molecule has 5 nitrogen and oxygen atoms in total. The molecular formula is C13H17N3O2. The first kappa shape index (κ1) is 12.5. The molecule has 0 fully saturated rings. The molecule has 0 saturated carbocycles. The summed E-state index contributed by atoms with van der Waals surface area (Å²) in [5.74, 6) is -0.228. The van der Waals surface area contributed by atoms with Crippen molar-refractivity contribution in [2.45, 2.75) is 34.1 Å². The van der Waals surface area contributed by atoms with Gasteiger partial charge in [0, 0.05) is 23.0 Å². The summed E-state index contributed by atoms with van der Waals surface area (Å²) in [6.45, 7) is 7.98. The van der Waals surface area contributed by atoms with E-state index in [4.69, 9.17) is 4.74 Å². The summed E-state index contributed by atoms with van der Waals surface area (Å²) >= 11 is 0. The molecule has 0 aliphatic rings. The molecule has 0 amide bonds. The second-order valence-electron chi connectivity index (χ2n) is 4.30. The Morgan fingerprint density at radius 3 is 2.78 bits per heavy atom. The van der Waals surface area contributed by atoms with Gasteiger partial charge in [-0.1, -0.05) is 0 Å². The Balaban J connectivity index is 2.46. The van der Waals surface area contributed by atoms with Gasteiger partial charge in [0.05, 0.1) is 18.7 Å². The molecule has 0 unspecified atom stereocenters. The predicted molar refractivity (Wildman–Crippen MR) is 67.5 cm³/mol. The monoisotopic (exact) mass is 247 g/mol. The molecule has 2 rings (SSSR count). The van der Waals surface area contributed by atoms with E-state index in [1.165, 1.54) is 0 Å². The minimum atomic E-state index is -0.228. The van der Waals surface area contributed by atoms with Crippen molar-refractivity contribution < 1.29 is 9.53 Å². The second-order valence-corrected chi connectivity index (χ2v) is 4.30. The van der Waals surface area contributed by atoms with Crippen LogP contribution in [0.1, 0.15) is 29.6 Å². The van der Waals surface area contributed by atoms with Crippen LogP contribution in [0.15, 0.2) is 6.07 Å². The van der Waals surface area contributed by atoms with Gasteiger partial charge in [-0.05, 0) is 27.7 Å². The van der Waals surface area contributed by atoms with Gasteiger partial charge in [0.15, 0.2) is 5.65 Å². The lowest BCUT2D eigenvalue weighted by Crippen LogP contribution is -2.13. The van der Waals surface area contributed by atoms with Crippen molar-refractivity contribution in [3.8, 4) is 0 Å². The Hall–Kier alpha value is -1.91. The fourth-order valence-corrected chi connectivity index (χ4v) is 2.05. The number of ether oxygens (including phenoxy) is 1. The van der Waals surface area contributed by atoms with Gasteiger partial charge in [-0.3, -0.25) is 4.79 Å². The highest BCUT2D eigenvalue weighted by molar-refractivity contribution is 5.73. The molecule has 18 heavy (non-hydrogen) atoms. The first-order valence-corrected chi connectivity index (χ1v) is 6.01. The number of esters is 1. The fraction of sp³-hybridized carbons (Fsp3) is 0.462. The molecule has 0 N–H and O–H groups in total. The average Bonchev–Trinajstić information content (AvgIpc) is 2.65. The quantitative estimate of drug-likeness (QED) is 0.775. The molecule has 2 aromatic heterocycles. The van der Waals surface area contributed by atoms with Crippen LogP contribution in [0.2, 0.25) is 0 Å². The number of nitrogens with zero attached hydrogens (tertiary/aromatic N) is 3. The molecule has 0 bridgehead atoms. The van der Waals surface area contributed by atoms with Crippen molar-refractivity contribution in [2.75, 3.05) is 6.61 Å². The van der Waals surface area contributed by atoms with Gasteiger partial charge in [-0.25, -0.2) is 9.50 Å². The molecule has 96 valence electrons. The summed E-state index contributed by atoms with van der Waals surface area (Å²) in [7, 11) is 0. The first-order valence-electron chi connectivity index (χ1n) is 6.01. The lowest BCUT2D eigenvalue weighted by atomic mass is 10.1. The molecule has 2 aromatic rings. The largest absolute Gasteiger partial charge is 0.466 e. The standard InChI is InChI=1S/C13H17N3O2/c1-5-18-13(17)7-11-9(3)14-12-6-8(2)15-16(12)10(11)4/h6H,5,7H2,1-4H3. The van der Waals surface area contributed by atoms with Gasteiger partial charge in [0.2, 0.25) is 0 Å². The van der Waals surface area contributed by atoms with Crippen LogP contribution in [0.4, 0.5) is 0 Å². The number of carbonyl (C=O) groups excluding carboxylic acids is 1. The van der Waals surface area contributed by atoms with Crippen LogP contribution >= 0.6 is 0 Å². The zero-order chi connectivity index (χ0) is 13.3. The summed E-state index contributed by atoms with van der Waals surface area (Å²) in [6.07, 6.45) is 0.243. The third kappa shape index (κ3) is 2.20. The Bertz CT molecular complexity index is 602. The zero-order valence-corrected chi connectivity index (χ0v) is 11.1. The minimum Gasteiger partial charge on any atom is -0.466 e. The maximum Gasteiger partial charge on any atom is 0.310 e. The topological polar surface area (TPSA) is 56.5 Å². The number of fused-ring (bicyclic) bond motifs is 1. The van der Waals surface area contributed by atoms with Crippen molar-refractivity contribution in [3.05, 3.63) is 28.7 Å². The Morgan fingerprint density at radius 2 is 2.11 bits per heavy atom. The van der Waals surface area contributed by atoms with Crippen molar-refractivity contribution in [2.24, 2.45) is 0 Å². The summed E-state index contributed by atoms with van der Waals surface area (Å²) in [4.78, 5) is 16.0. The second kappa shape index (κ2) is 4.76. The van der Waals surface area contributed by atoms with Gasteiger partial charge in [0.25, 0.3) is 0 Å². The van der Waals surface area contributed by atoms with Crippen molar-refractivity contribution in [3.63, 3.8) is 0 Å². The summed E-state index contributed by atoms with van der Waals surface area (Å²) < 4.78 is 6.75. The first-order chi connectivity index (χ1) is 8.52. The number of aromatic nitrogens is 3. The molecular weight excluding hydrogens is 230 g/mol. The molecule has 0 aliphatic carbocycles. The molecule has 0 aromatic carbocycles. The highest BCUT2D eigenvalue weighted by atomic mass is 16.5. The van der Waals surface area contributed by atoms with E-state index in [-0.39, 0.29) is 12.4 Å². The van der Waals surface area contributed by atoms with E-state index in [9.17, 15) is 4.79 Å². The van der Waals surface area contributed by atoms with Gasteiger partial charge in [-0.2, -0.15) is 5.10 Å². The summed E-state index contributed by atoms with van der Waals surface area (Å²) in [5.41, 5.74) is 4.42. The number of hydrogen-bond acceptors (Lipinski definition) is 4. The Kier molecular flexibility index (Phi) is 3.32. The van der Waals surface area contributed by atoms with Crippen LogP contribution in [0.5, 0.6) is 0 Å². The van der Waals surface area contributed by atoms with Crippen LogP contribution in [-0.4, -0.2) is 27.2 Å². The Morgan fingerprint density at radius 1 is 1.39 bits per heavy atom. The van der Waals surface area contributed by atoms with E-state index in [2.05, 4.69) is 10.1 Å². The molecule has 0 spiro atoms. The van der Waals surface area contributed by atoms with E-state index in [0.29, 0.717) is 6.61 Å². The van der Waals surface area contributed by atoms with Gasteiger partial charge in [-0.15, -0.1) is 0 Å². The van der Waals surface area contributed by atoms with Crippen molar-refractivity contribution in [1.82, 2.24) is 14.6 Å². The molecule has 0 aliphatic heterocycles. The van der Waals surface area contributed by atoms with Gasteiger partial charge in [0.1, 0.15) is 0 Å². The lowest BCUT2D eigenvalue weighted by Gasteiger charge is -2.10. The maximum atomic E-state index is 11.6. The normalized spacial score (nSPS) is 10.9. The maximum absolute atomic E-state index is 11.6. The third-order valence-corrected chi connectivity index (χ3v) is 2.91. The molecule has 0 atom stereocenters. The fourth-order valence-electron chi connectivity index (χ4n) is 2.05. The van der Waals surface area contributed by atoms with E-state index < -0.39 is 0 Å². The van der Waals surface area contributed by atoms with Crippen LogP contribution in [0.3, 0.4) is 0 Å². The van der Waals surface area contributed by atoms with Crippen LogP contribution in [-0.2, 0) is 16.0 Å². The van der Waals surface area contributed by atoms with Crippen molar-refractivity contribution in [1.29, 1.82) is 0 Å². The van der Waals surface area contributed by atoms with E-state index in [1.54, 1.807) is 11.4 Å². The van der Waals surface area contributed by atoms with Crippen LogP contribution in [0.25, 0.3) is 5.65 Å². The highest BCUT2D eigenvalue weighted by Crippen LogP contribution is 2.16. The van der Waals surface area contributed by atoms with E-state index in [0.717, 1.165) is 28.3 Å². The van der Waals surface area contributed by atoms with E-state index in [1.807, 2.05) is 26.8 Å². The van der Waals surface area contributed by atoms with Crippen LogP contribution < -0.4 is 0 Å². The number of carbonyl (C=O) groups is 1. The molecule has 0 saturated heterocycles. The SMILES string of the molecule is CCOC(=O)Cc1c(C)nc2cc(C)nn2c1C. The Labute approximate surface area is 106 Å². The van der Waals surface area contributed by atoms with Crippen molar-refractivity contribution >= 4 is 11.6 Å². The zero-order valence-electron chi connectivity index (χ0n) is 11.1. The summed E-state index contributed by atoms with van der Waals surface area (Å²) in [5, 5.41) is 4.37. The number of aryl methyl sites for hydroxylation is 3. The summed E-state index contributed by atoms with van der Waals surface area (Å²) in [6, 6.07) is 1.92. The van der Waals surface area contributed by atoms with E-state index >= 15 is 0 Å². The molecule has 5 heteroatoms. The lowest BCUT2D eigenvalue weighted by molar-refractivity contribution is -0.142. The molecule has 2 heterocycles. The van der Waals surface area contributed by atoms with Gasteiger partial charge < -0.3 is 4.74 Å². The van der Waals surface area contributed by atoms with Crippen LogP contribution in [0, 0.1) is 20.8 Å². The number of rotatable bonds is 3. The highest BCUT2D eigenvalue weighted by Gasteiger charge is 2.14. The third-order valence-electron chi connectivity index (χ3n) is 2.91. The minimum absolute atomic E-state index is 0.228.